The highest BCUT2D eigenvalue weighted by molar-refractivity contribution is 5.73. The highest BCUT2D eigenvalue weighted by Gasteiger charge is 2.28. The second-order valence-electron chi connectivity index (χ2n) is 7.05. The second-order valence-corrected chi connectivity index (χ2v) is 7.05. The Labute approximate surface area is 178 Å². The number of hydrogen-bond acceptors (Lipinski definition) is 5. The second kappa shape index (κ2) is 14.4. The van der Waals surface area contributed by atoms with Crippen molar-refractivity contribution < 1.29 is 29.3 Å². The molecule has 1 amide bonds. The van der Waals surface area contributed by atoms with E-state index in [0.29, 0.717) is 25.9 Å². The zero-order chi connectivity index (χ0) is 22.4. The van der Waals surface area contributed by atoms with Crippen LogP contribution in [0.25, 0.3) is 0 Å². The van der Waals surface area contributed by atoms with Crippen LogP contribution in [0, 0.1) is 11.8 Å². The van der Waals surface area contributed by atoms with Gasteiger partial charge in [0.2, 0.25) is 0 Å². The molecule has 2 aliphatic rings. The Kier molecular flexibility index (Phi) is 12.2. The molecule has 2 atom stereocenters. The van der Waals surface area contributed by atoms with Crippen LogP contribution in [-0.2, 0) is 20.9 Å². The molecule has 0 saturated carbocycles. The summed E-state index contributed by atoms with van der Waals surface area (Å²) in [5.74, 6) is -2.13. The highest BCUT2D eigenvalue weighted by Crippen LogP contribution is 2.17. The molecule has 0 bridgehead atoms. The quantitative estimate of drug-likeness (QED) is 0.682. The number of carboxylic acids is 2. The van der Waals surface area contributed by atoms with Crippen LogP contribution < -0.4 is 5.32 Å². The molecule has 0 aliphatic carbocycles. The van der Waals surface area contributed by atoms with E-state index in [9.17, 15) is 14.4 Å². The smallest absolute Gasteiger partial charge is 0.410 e. The predicted octanol–water partition coefficient (Wildman–Crippen LogP) is 3.22. The summed E-state index contributed by atoms with van der Waals surface area (Å²) in [6, 6.07) is 9.41. The molecule has 0 radical (unpaired) electrons. The molecule has 30 heavy (non-hydrogen) atoms. The zero-order valence-electron chi connectivity index (χ0n) is 17.9. The van der Waals surface area contributed by atoms with Gasteiger partial charge < -0.3 is 25.2 Å². The third kappa shape index (κ3) is 9.26. The van der Waals surface area contributed by atoms with Crippen LogP contribution in [0.1, 0.15) is 45.1 Å². The number of ether oxygens (including phenoxy) is 1. The van der Waals surface area contributed by atoms with Crippen molar-refractivity contribution in [2.24, 2.45) is 11.8 Å². The first-order valence-electron chi connectivity index (χ1n) is 10.6. The fourth-order valence-electron chi connectivity index (χ4n) is 3.22. The molecule has 8 heteroatoms. The Morgan fingerprint density at radius 3 is 2.20 bits per heavy atom. The fourth-order valence-corrected chi connectivity index (χ4v) is 3.22. The van der Waals surface area contributed by atoms with Crippen LogP contribution >= 0.6 is 0 Å². The minimum absolute atomic E-state index is 0.140. The molecule has 2 unspecified atom stereocenters. The van der Waals surface area contributed by atoms with Gasteiger partial charge >= 0.3 is 18.0 Å². The van der Waals surface area contributed by atoms with Crippen molar-refractivity contribution in [2.75, 3.05) is 26.2 Å². The Morgan fingerprint density at radius 1 is 1.03 bits per heavy atom. The number of nitrogens with zero attached hydrogens (tertiary/aromatic N) is 1. The van der Waals surface area contributed by atoms with Gasteiger partial charge in [0.15, 0.2) is 0 Å². The molecule has 1 aromatic rings. The summed E-state index contributed by atoms with van der Waals surface area (Å²) in [6.07, 6.45) is 2.73. The summed E-state index contributed by atoms with van der Waals surface area (Å²) < 4.78 is 5.19. The lowest BCUT2D eigenvalue weighted by Gasteiger charge is -2.29. The number of aliphatic carboxylic acids is 2. The Balaban J connectivity index is 0.000000342. The molecule has 2 fully saturated rings. The van der Waals surface area contributed by atoms with E-state index >= 15 is 0 Å². The first-order chi connectivity index (χ1) is 14.5. The molecule has 2 aliphatic heterocycles. The van der Waals surface area contributed by atoms with Crippen molar-refractivity contribution in [3.8, 4) is 0 Å². The number of piperidine rings is 2. The van der Waals surface area contributed by atoms with Crippen LogP contribution in [0.15, 0.2) is 30.3 Å². The molecule has 2 heterocycles. The first kappa shape index (κ1) is 25.4. The van der Waals surface area contributed by atoms with Gasteiger partial charge in [-0.2, -0.15) is 0 Å². The van der Waals surface area contributed by atoms with Crippen molar-refractivity contribution in [3.63, 3.8) is 0 Å². The highest BCUT2D eigenvalue weighted by atomic mass is 16.6. The normalized spacial score (nSPS) is 20.5. The fraction of sp³-hybridized carbons (Fsp3) is 0.591. The predicted molar refractivity (Wildman–Crippen MR) is 113 cm³/mol. The average Bonchev–Trinajstić information content (AvgIpc) is 2.80. The van der Waals surface area contributed by atoms with E-state index in [2.05, 4.69) is 5.32 Å². The van der Waals surface area contributed by atoms with Gasteiger partial charge in [-0.3, -0.25) is 9.59 Å². The van der Waals surface area contributed by atoms with E-state index in [-0.39, 0.29) is 19.1 Å². The number of nitrogens with one attached hydrogen (secondary N) is 1. The molecular formula is C22H34N2O6. The monoisotopic (exact) mass is 422 g/mol. The van der Waals surface area contributed by atoms with Gasteiger partial charge in [-0.15, -0.1) is 0 Å². The summed E-state index contributed by atoms with van der Waals surface area (Å²) in [4.78, 5) is 34.6. The third-order valence-electron chi connectivity index (χ3n) is 4.88. The van der Waals surface area contributed by atoms with Gasteiger partial charge in [-0.05, 0) is 37.8 Å². The number of carbonyl (C=O) groups is 3. The van der Waals surface area contributed by atoms with E-state index in [0.717, 1.165) is 24.9 Å². The lowest BCUT2D eigenvalue weighted by molar-refractivity contribution is -0.143. The molecule has 2 saturated heterocycles. The summed E-state index contributed by atoms with van der Waals surface area (Å²) in [5.41, 5.74) is 0.919. The maximum Gasteiger partial charge on any atom is 0.410 e. The van der Waals surface area contributed by atoms with Crippen molar-refractivity contribution in [1.82, 2.24) is 10.2 Å². The number of rotatable bonds is 4. The van der Waals surface area contributed by atoms with E-state index in [4.69, 9.17) is 14.9 Å². The number of carboxylic acid groups (broad SMARTS) is 2. The molecule has 1 aromatic carbocycles. The number of amides is 1. The minimum atomic E-state index is -0.847. The lowest BCUT2D eigenvalue weighted by atomic mass is 9.99. The first-order valence-corrected chi connectivity index (χ1v) is 10.6. The van der Waals surface area contributed by atoms with E-state index in [1.165, 1.54) is 4.90 Å². The summed E-state index contributed by atoms with van der Waals surface area (Å²) in [6.45, 7) is 6.65. The van der Waals surface area contributed by atoms with Crippen LogP contribution in [0.2, 0.25) is 0 Å². The minimum Gasteiger partial charge on any atom is -0.481 e. The molecule has 0 spiro atoms. The van der Waals surface area contributed by atoms with Crippen molar-refractivity contribution in [1.29, 1.82) is 0 Å². The van der Waals surface area contributed by atoms with Gasteiger partial charge in [0.25, 0.3) is 0 Å². The van der Waals surface area contributed by atoms with Crippen LogP contribution in [0.4, 0.5) is 4.79 Å². The topological polar surface area (TPSA) is 116 Å². The standard InChI is InChI=1S/C14H17NO4.C6H11NO2.C2H6/c16-13(17)12-7-4-8-15(9-12)14(18)19-10-11-5-2-1-3-6-11;8-6(9)5-2-1-3-7-4-5;1-2/h1-3,5-6,12H,4,7-10H2,(H,16,17);5,7H,1-4H2,(H,8,9);1-2H3. The summed E-state index contributed by atoms with van der Waals surface area (Å²) in [7, 11) is 0. The SMILES string of the molecule is CC.O=C(O)C1CCCN(C(=O)OCc2ccccc2)C1.O=C(O)C1CCCNC1. The van der Waals surface area contributed by atoms with Crippen LogP contribution in [0.3, 0.4) is 0 Å². The van der Waals surface area contributed by atoms with E-state index in [1.807, 2.05) is 44.2 Å². The van der Waals surface area contributed by atoms with Gasteiger partial charge in [0.05, 0.1) is 11.8 Å². The van der Waals surface area contributed by atoms with Crippen molar-refractivity contribution in [3.05, 3.63) is 35.9 Å². The van der Waals surface area contributed by atoms with Crippen LogP contribution in [0.5, 0.6) is 0 Å². The summed E-state index contributed by atoms with van der Waals surface area (Å²) in [5, 5.41) is 20.5. The Bertz CT molecular complexity index is 646. The maximum absolute atomic E-state index is 11.9. The zero-order valence-corrected chi connectivity index (χ0v) is 17.9. The Morgan fingerprint density at radius 2 is 1.67 bits per heavy atom. The molecule has 8 nitrogen and oxygen atoms in total. The Hall–Kier alpha value is -2.61. The number of carbonyl (C=O) groups excluding carboxylic acids is 1. The lowest BCUT2D eigenvalue weighted by Crippen LogP contribution is -2.42. The molecule has 3 rings (SSSR count). The number of hydrogen-bond donors (Lipinski definition) is 3. The molecule has 168 valence electrons. The molecule has 0 aromatic heterocycles. The number of benzene rings is 1. The van der Waals surface area contributed by atoms with Crippen LogP contribution in [-0.4, -0.2) is 59.3 Å². The molecule has 3 N–H and O–H groups in total. The third-order valence-corrected chi connectivity index (χ3v) is 4.88. The largest absolute Gasteiger partial charge is 0.481 e. The van der Waals surface area contributed by atoms with Gasteiger partial charge in [-0.25, -0.2) is 4.79 Å². The average molecular weight is 423 g/mol. The van der Waals surface area contributed by atoms with Gasteiger partial charge in [0.1, 0.15) is 6.61 Å². The van der Waals surface area contributed by atoms with E-state index < -0.39 is 23.9 Å². The maximum atomic E-state index is 11.9. The number of likely N-dealkylation sites (tertiary alicyclic amines) is 1. The van der Waals surface area contributed by atoms with E-state index in [1.54, 1.807) is 0 Å². The van der Waals surface area contributed by atoms with Gasteiger partial charge in [0, 0.05) is 19.6 Å². The van der Waals surface area contributed by atoms with Crippen molar-refractivity contribution in [2.45, 2.75) is 46.1 Å². The van der Waals surface area contributed by atoms with Crippen molar-refractivity contribution >= 4 is 18.0 Å². The van der Waals surface area contributed by atoms with Gasteiger partial charge in [-0.1, -0.05) is 44.2 Å². The summed E-state index contributed by atoms with van der Waals surface area (Å²) >= 11 is 0. The molecular weight excluding hydrogens is 388 g/mol.